The lowest BCUT2D eigenvalue weighted by atomic mass is 9.77. The van der Waals surface area contributed by atoms with E-state index in [0.717, 1.165) is 31.4 Å². The monoisotopic (exact) mass is 714 g/mol. The molecule has 0 spiro atoms. The normalized spacial score (nSPS) is 16.8. The molecule has 0 radical (unpaired) electrons. The Morgan fingerprint density at radius 2 is 1.10 bits per heavy atom. The first-order chi connectivity index (χ1) is 23.8. The van der Waals surface area contributed by atoms with Crippen LogP contribution in [0.3, 0.4) is 0 Å². The first kappa shape index (κ1) is 39.3. The van der Waals surface area contributed by atoms with E-state index < -0.39 is 72.7 Å². The summed E-state index contributed by atoms with van der Waals surface area (Å²) in [7, 11) is 0. The third kappa shape index (κ3) is 11.3. The molecule has 1 aliphatic rings. The second-order valence-corrected chi connectivity index (χ2v) is 13.3. The van der Waals surface area contributed by atoms with Gasteiger partial charge in [-0.15, -0.1) is 0 Å². The molecule has 276 valence electrons. The van der Waals surface area contributed by atoms with Gasteiger partial charge in [-0.3, -0.25) is 0 Å². The second-order valence-electron chi connectivity index (χ2n) is 13.3. The molecule has 0 amide bonds. The van der Waals surface area contributed by atoms with Crippen LogP contribution in [0.5, 0.6) is 17.2 Å². The van der Waals surface area contributed by atoms with Gasteiger partial charge in [-0.05, 0) is 67.0 Å². The van der Waals surface area contributed by atoms with Crippen LogP contribution in [-0.4, -0.2) is 31.7 Å². The second kappa shape index (κ2) is 18.1. The summed E-state index contributed by atoms with van der Waals surface area (Å²) in [5.74, 6) is -13.8. The number of alkyl halides is 4. The van der Waals surface area contributed by atoms with Crippen molar-refractivity contribution in [1.29, 1.82) is 0 Å². The Hall–Kier alpha value is -3.50. The van der Waals surface area contributed by atoms with Gasteiger partial charge in [0.05, 0.1) is 6.61 Å². The summed E-state index contributed by atoms with van der Waals surface area (Å²) in [5.41, 5.74) is 0.287. The summed E-state index contributed by atoms with van der Waals surface area (Å²) in [6.07, 6.45) is 9.13. The fraction of sp³-hybridized carbons (Fsp3) is 0.538. The minimum Gasteiger partial charge on any atom is -0.491 e. The molecular formula is C39H46F8O3. The lowest BCUT2D eigenvalue weighted by Crippen LogP contribution is -2.30. The van der Waals surface area contributed by atoms with Gasteiger partial charge in [0.1, 0.15) is 0 Å². The zero-order chi connectivity index (χ0) is 36.3. The maximum Gasteiger partial charge on any atom is 0.285 e. The third-order valence-corrected chi connectivity index (χ3v) is 9.23. The highest BCUT2D eigenvalue weighted by atomic mass is 19.3. The molecule has 50 heavy (non-hydrogen) atoms. The topological polar surface area (TPSA) is 27.7 Å². The van der Waals surface area contributed by atoms with Crippen LogP contribution in [0, 0.1) is 35.1 Å². The first-order valence-electron chi connectivity index (χ1n) is 17.5. The molecule has 0 saturated heterocycles. The van der Waals surface area contributed by atoms with Gasteiger partial charge in [0.2, 0.25) is 17.5 Å². The Balaban J connectivity index is 1.25. The molecule has 0 unspecified atom stereocenters. The van der Waals surface area contributed by atoms with E-state index in [2.05, 4.69) is 6.92 Å². The lowest BCUT2D eigenvalue weighted by molar-refractivity contribution is -0.0651. The van der Waals surface area contributed by atoms with Gasteiger partial charge in [0.25, 0.3) is 11.8 Å². The van der Waals surface area contributed by atoms with Gasteiger partial charge in [-0.1, -0.05) is 82.6 Å². The molecule has 3 aromatic carbocycles. The van der Waals surface area contributed by atoms with Gasteiger partial charge in [0.15, 0.2) is 36.3 Å². The smallest absolute Gasteiger partial charge is 0.285 e. The summed E-state index contributed by atoms with van der Waals surface area (Å²) in [6, 6.07) is 9.63. The highest BCUT2D eigenvalue weighted by molar-refractivity contribution is 5.65. The number of unbranched alkanes of at least 4 members (excludes halogenated alkanes) is 4. The van der Waals surface area contributed by atoms with Gasteiger partial charge in [-0.25, -0.2) is 22.0 Å². The van der Waals surface area contributed by atoms with E-state index >= 15 is 0 Å². The minimum absolute atomic E-state index is 0.0813. The van der Waals surface area contributed by atoms with E-state index in [1.54, 1.807) is 6.92 Å². The first-order valence-corrected chi connectivity index (χ1v) is 17.5. The molecular weight excluding hydrogens is 668 g/mol. The maximum atomic E-state index is 14.8. The molecule has 0 bridgehead atoms. The zero-order valence-corrected chi connectivity index (χ0v) is 28.6. The van der Waals surface area contributed by atoms with E-state index in [-0.39, 0.29) is 35.0 Å². The van der Waals surface area contributed by atoms with Crippen LogP contribution < -0.4 is 14.2 Å². The number of halogens is 8. The summed E-state index contributed by atoms with van der Waals surface area (Å²) in [6.45, 7) is 1.48. The van der Waals surface area contributed by atoms with E-state index in [1.807, 2.05) is 0 Å². The average Bonchev–Trinajstić information content (AvgIpc) is 3.08. The van der Waals surface area contributed by atoms with Crippen molar-refractivity contribution < 1.29 is 49.3 Å². The molecule has 0 atom stereocenters. The third-order valence-electron chi connectivity index (χ3n) is 9.23. The van der Waals surface area contributed by atoms with Crippen LogP contribution >= 0.6 is 0 Å². The van der Waals surface area contributed by atoms with Gasteiger partial charge in [-0.2, -0.15) is 13.2 Å². The zero-order valence-electron chi connectivity index (χ0n) is 28.6. The highest BCUT2D eigenvalue weighted by Gasteiger charge is 2.36. The molecule has 0 heterocycles. The van der Waals surface area contributed by atoms with Crippen LogP contribution in [0.2, 0.25) is 0 Å². The number of hydrogen-bond acceptors (Lipinski definition) is 3. The van der Waals surface area contributed by atoms with Crippen molar-refractivity contribution in [3.63, 3.8) is 0 Å². The van der Waals surface area contributed by atoms with Crippen LogP contribution in [0.25, 0.3) is 11.1 Å². The minimum atomic E-state index is -3.54. The molecule has 3 aromatic rings. The lowest BCUT2D eigenvalue weighted by Gasteiger charge is -2.31. The van der Waals surface area contributed by atoms with Crippen LogP contribution in [0.15, 0.2) is 48.5 Å². The van der Waals surface area contributed by atoms with E-state index in [9.17, 15) is 35.1 Å². The van der Waals surface area contributed by atoms with Crippen LogP contribution in [-0.2, 0) is 6.42 Å². The van der Waals surface area contributed by atoms with E-state index in [4.69, 9.17) is 14.2 Å². The molecule has 0 aromatic heterocycles. The van der Waals surface area contributed by atoms with Crippen molar-refractivity contribution in [1.82, 2.24) is 0 Å². The number of rotatable bonds is 19. The Morgan fingerprint density at radius 1 is 0.580 bits per heavy atom. The van der Waals surface area contributed by atoms with Gasteiger partial charge >= 0.3 is 0 Å². The summed E-state index contributed by atoms with van der Waals surface area (Å²) in [4.78, 5) is 0. The largest absolute Gasteiger partial charge is 0.491 e. The van der Waals surface area contributed by atoms with Gasteiger partial charge in [0, 0.05) is 18.4 Å². The van der Waals surface area contributed by atoms with Crippen molar-refractivity contribution in [2.24, 2.45) is 11.8 Å². The quantitative estimate of drug-likeness (QED) is 0.0914. The fourth-order valence-corrected chi connectivity index (χ4v) is 6.52. The SMILES string of the molecule is CCCCCCCC1CCC(CC(F)(F)COc2ccc(OCC(F)(F)Cc3ccc(-c4ccc(OCC)c(F)c4F)cc3)c(F)c2F)CC1. The molecule has 1 saturated carbocycles. The predicted octanol–water partition coefficient (Wildman–Crippen LogP) is 12.1. The van der Waals surface area contributed by atoms with Crippen molar-refractivity contribution in [2.75, 3.05) is 19.8 Å². The number of benzene rings is 3. The Kier molecular flexibility index (Phi) is 14.2. The summed E-state index contributed by atoms with van der Waals surface area (Å²) >= 11 is 0. The Bertz CT molecular complexity index is 1500. The molecule has 1 fully saturated rings. The van der Waals surface area contributed by atoms with Crippen LogP contribution in [0.4, 0.5) is 35.1 Å². The van der Waals surface area contributed by atoms with Crippen molar-refractivity contribution >= 4 is 0 Å². The van der Waals surface area contributed by atoms with Crippen molar-refractivity contribution in [2.45, 2.75) is 103 Å². The average molecular weight is 715 g/mol. The van der Waals surface area contributed by atoms with E-state index in [1.165, 1.54) is 68.5 Å². The predicted molar refractivity (Wildman–Crippen MR) is 177 cm³/mol. The molecule has 11 heteroatoms. The Labute approximate surface area is 289 Å². The standard InChI is InChI=1S/C39H46F8O3/c1-3-5-6-7-8-9-26-10-12-27(13-11-26)22-38(44,45)24-49-32-20-21-33(37(43)36(32)42)50-25-39(46,47)23-28-14-16-29(17-15-28)30-18-19-31(48-4-2)35(41)34(30)40/h14-21,26-27H,3-13,22-25H2,1-2H3. The van der Waals surface area contributed by atoms with Crippen molar-refractivity contribution in [3.8, 4) is 28.4 Å². The maximum absolute atomic E-state index is 14.8. The molecule has 3 nitrogen and oxygen atoms in total. The highest BCUT2D eigenvalue weighted by Crippen LogP contribution is 2.39. The van der Waals surface area contributed by atoms with E-state index in [0.29, 0.717) is 18.8 Å². The fourth-order valence-electron chi connectivity index (χ4n) is 6.52. The molecule has 4 rings (SSSR count). The summed E-state index contributed by atoms with van der Waals surface area (Å²) < 4.78 is 132. The molecule has 1 aliphatic carbocycles. The molecule has 0 aliphatic heterocycles. The summed E-state index contributed by atoms with van der Waals surface area (Å²) in [5, 5.41) is 0. The Morgan fingerprint density at radius 3 is 1.70 bits per heavy atom. The van der Waals surface area contributed by atoms with Crippen molar-refractivity contribution in [3.05, 3.63) is 77.4 Å². The number of hydrogen-bond donors (Lipinski definition) is 0. The van der Waals surface area contributed by atoms with Crippen LogP contribution in [0.1, 0.15) is 90.0 Å². The van der Waals surface area contributed by atoms with Gasteiger partial charge < -0.3 is 14.2 Å². The number of ether oxygens (including phenoxy) is 3. The molecule has 0 N–H and O–H groups in total.